The van der Waals surface area contributed by atoms with Crippen LogP contribution in [-0.2, 0) is 4.79 Å². The molecule has 0 aliphatic carbocycles. The fraction of sp³-hybridized carbons (Fsp3) is 0.875. The summed E-state index contributed by atoms with van der Waals surface area (Å²) in [6.45, 7) is 6.06. The van der Waals surface area contributed by atoms with Crippen molar-refractivity contribution >= 4 is 6.29 Å². The Hall–Kier alpha value is -0.370. The summed E-state index contributed by atoms with van der Waals surface area (Å²) in [5.74, 6) is 0.440. The average Bonchev–Trinajstić information content (AvgIpc) is 1.89. The molecule has 0 aromatic heterocycles. The quantitative estimate of drug-likeness (QED) is 0.607. The van der Waals surface area contributed by atoms with E-state index in [0.29, 0.717) is 18.9 Å². The average molecular weight is 148 g/mol. The molecule has 1 N–H and O–H groups in total. The maximum Gasteiger partial charge on any atom is 0.119 e. The first-order valence-corrected chi connectivity index (χ1v) is 3.23. The van der Waals surface area contributed by atoms with Crippen molar-refractivity contribution in [3.63, 3.8) is 0 Å². The molecule has 2 nitrogen and oxygen atoms in total. The fourth-order valence-electron chi connectivity index (χ4n) is 0. The molecule has 0 aromatic rings. The summed E-state index contributed by atoms with van der Waals surface area (Å²) in [5.41, 5.74) is 0. The Bertz CT molecular complexity index is 51.2. The lowest BCUT2D eigenvalue weighted by Crippen LogP contribution is -1.90. The summed E-state index contributed by atoms with van der Waals surface area (Å²) in [5, 5.41) is 8.14. The number of rotatable bonds is 2. The topological polar surface area (TPSA) is 37.3 Å². The van der Waals surface area contributed by atoms with Crippen molar-refractivity contribution in [2.75, 3.05) is 6.61 Å². The highest BCUT2D eigenvalue weighted by Crippen LogP contribution is 1.83. The van der Waals surface area contributed by atoms with E-state index in [2.05, 4.69) is 0 Å². The van der Waals surface area contributed by atoms with Crippen LogP contribution in [0.15, 0.2) is 0 Å². The van der Waals surface area contributed by atoms with E-state index >= 15 is 0 Å². The first-order valence-electron chi connectivity index (χ1n) is 3.23. The number of carbonyl (C=O) groups is 1. The Morgan fingerprint density at radius 3 is 1.70 bits per heavy atom. The van der Waals surface area contributed by atoms with Gasteiger partial charge >= 0.3 is 0 Å². The van der Waals surface area contributed by atoms with Crippen molar-refractivity contribution in [2.24, 2.45) is 5.92 Å². The normalized spacial score (nSPS) is 7.30. The highest BCUT2D eigenvalue weighted by molar-refractivity contribution is 5.48. The molecule has 0 aromatic carbocycles. The van der Waals surface area contributed by atoms with Crippen LogP contribution in [0.1, 0.15) is 34.6 Å². The largest absolute Gasteiger partial charge is 0.396 e. The van der Waals surface area contributed by atoms with Crippen LogP contribution in [-0.4, -0.2) is 18.0 Å². The Kier molecular flexibility index (Phi) is 25.9. The van der Waals surface area contributed by atoms with Crippen molar-refractivity contribution < 1.29 is 9.90 Å². The van der Waals surface area contributed by atoms with Gasteiger partial charge in [0.15, 0.2) is 0 Å². The lowest BCUT2D eigenvalue weighted by Gasteiger charge is -1.90. The molecule has 0 aliphatic heterocycles. The minimum absolute atomic E-state index is 0. The molecule has 0 heterocycles. The minimum Gasteiger partial charge on any atom is -0.396 e. The van der Waals surface area contributed by atoms with Gasteiger partial charge in [-0.1, -0.05) is 28.2 Å². The molecule has 0 saturated carbocycles. The van der Waals surface area contributed by atoms with Crippen LogP contribution in [0, 0.1) is 5.92 Å². The maximum atomic E-state index is 9.17. The second-order valence-electron chi connectivity index (χ2n) is 2.15. The van der Waals surface area contributed by atoms with Gasteiger partial charge in [-0.15, -0.1) is 0 Å². The molecule has 0 fully saturated rings. The van der Waals surface area contributed by atoms with Crippen molar-refractivity contribution in [3.8, 4) is 0 Å². The predicted octanol–water partition coefficient (Wildman–Crippen LogP) is 1.87. The first-order chi connectivity index (χ1) is 4.18. The van der Waals surface area contributed by atoms with Crippen LogP contribution < -0.4 is 0 Å². The van der Waals surface area contributed by atoms with Gasteiger partial charge < -0.3 is 9.90 Å². The zero-order valence-corrected chi connectivity index (χ0v) is 6.42. The lowest BCUT2D eigenvalue weighted by molar-refractivity contribution is -0.107. The fourth-order valence-corrected chi connectivity index (χ4v) is 0. The van der Waals surface area contributed by atoms with Gasteiger partial charge in [-0.3, -0.25) is 0 Å². The van der Waals surface area contributed by atoms with Gasteiger partial charge in [0.2, 0.25) is 0 Å². The molecule has 0 unspecified atom stereocenters. The predicted molar refractivity (Wildman–Crippen MR) is 45.0 cm³/mol. The molecule has 0 spiro atoms. The Morgan fingerprint density at radius 2 is 1.70 bits per heavy atom. The molecule has 0 aliphatic rings. The van der Waals surface area contributed by atoms with E-state index in [1.165, 1.54) is 0 Å². The zero-order chi connectivity index (χ0) is 7.70. The second-order valence-corrected chi connectivity index (χ2v) is 2.15. The van der Waals surface area contributed by atoms with Gasteiger partial charge in [0.25, 0.3) is 0 Å². The standard InChI is InChI=1S/C4H10O.C3H6O.CH4/c1-4(2)3-5;1-2-3-4;/h4-5H,3H2,1-2H3;3H,2H2,1H3;1H4. The highest BCUT2D eigenvalue weighted by atomic mass is 16.3. The monoisotopic (exact) mass is 148 g/mol. The van der Waals surface area contributed by atoms with Gasteiger partial charge in [0.05, 0.1) is 0 Å². The second kappa shape index (κ2) is 15.9. The van der Waals surface area contributed by atoms with E-state index in [1.54, 1.807) is 0 Å². The summed E-state index contributed by atoms with van der Waals surface area (Å²) < 4.78 is 0. The molecule has 10 heavy (non-hydrogen) atoms. The summed E-state index contributed by atoms with van der Waals surface area (Å²) in [6.07, 6.45) is 1.51. The summed E-state index contributed by atoms with van der Waals surface area (Å²) in [6, 6.07) is 0. The molecular formula is C8H20O2. The van der Waals surface area contributed by atoms with Gasteiger partial charge in [-0.2, -0.15) is 0 Å². The number of carbonyl (C=O) groups excluding carboxylic acids is 1. The van der Waals surface area contributed by atoms with Crippen molar-refractivity contribution in [1.29, 1.82) is 0 Å². The number of hydrogen-bond acceptors (Lipinski definition) is 2. The Labute approximate surface area is 64.3 Å². The maximum absolute atomic E-state index is 9.17. The molecule has 0 rings (SSSR count). The van der Waals surface area contributed by atoms with Gasteiger partial charge in [0, 0.05) is 13.0 Å². The minimum atomic E-state index is 0. The molecule has 0 radical (unpaired) electrons. The molecular weight excluding hydrogens is 128 g/mol. The van der Waals surface area contributed by atoms with E-state index in [9.17, 15) is 4.79 Å². The van der Waals surface area contributed by atoms with Crippen molar-refractivity contribution in [1.82, 2.24) is 0 Å². The third-order valence-corrected chi connectivity index (χ3v) is 0.532. The molecule has 0 atom stereocenters. The van der Waals surface area contributed by atoms with Gasteiger partial charge in [0.1, 0.15) is 6.29 Å². The first kappa shape index (κ1) is 16.3. The van der Waals surface area contributed by atoms with Crippen molar-refractivity contribution in [3.05, 3.63) is 0 Å². The van der Waals surface area contributed by atoms with Gasteiger partial charge in [-0.05, 0) is 5.92 Å². The number of aliphatic hydroxyl groups excluding tert-OH is 1. The van der Waals surface area contributed by atoms with Crippen LogP contribution in [0.4, 0.5) is 0 Å². The molecule has 0 saturated heterocycles. The molecule has 0 amide bonds. The molecule has 2 heteroatoms. The SMILES string of the molecule is C.CC(C)CO.CCC=O. The van der Waals surface area contributed by atoms with Crippen LogP contribution in [0.25, 0.3) is 0 Å². The Morgan fingerprint density at radius 1 is 1.50 bits per heavy atom. The van der Waals surface area contributed by atoms with Crippen LogP contribution in [0.3, 0.4) is 0 Å². The van der Waals surface area contributed by atoms with Crippen LogP contribution >= 0.6 is 0 Å². The zero-order valence-electron chi connectivity index (χ0n) is 6.42. The lowest BCUT2D eigenvalue weighted by atomic mass is 10.2. The van der Waals surface area contributed by atoms with Crippen LogP contribution in [0.2, 0.25) is 0 Å². The number of aliphatic hydroxyl groups is 1. The van der Waals surface area contributed by atoms with E-state index < -0.39 is 0 Å². The number of hydrogen-bond donors (Lipinski definition) is 1. The highest BCUT2D eigenvalue weighted by Gasteiger charge is 1.81. The van der Waals surface area contributed by atoms with E-state index in [0.717, 1.165) is 6.29 Å². The summed E-state index contributed by atoms with van der Waals surface area (Å²) in [7, 11) is 0. The third kappa shape index (κ3) is 48.5. The molecule has 0 bridgehead atoms. The summed E-state index contributed by atoms with van der Waals surface area (Å²) in [4.78, 5) is 9.17. The summed E-state index contributed by atoms with van der Waals surface area (Å²) >= 11 is 0. The third-order valence-electron chi connectivity index (χ3n) is 0.532. The molecule has 64 valence electrons. The van der Waals surface area contributed by atoms with Crippen molar-refractivity contribution in [2.45, 2.75) is 34.6 Å². The van der Waals surface area contributed by atoms with Crippen LogP contribution in [0.5, 0.6) is 0 Å². The van der Waals surface area contributed by atoms with E-state index in [4.69, 9.17) is 5.11 Å². The Balaban J connectivity index is -0.0000000910. The van der Waals surface area contributed by atoms with E-state index in [-0.39, 0.29) is 7.43 Å². The number of aldehydes is 1. The van der Waals surface area contributed by atoms with Gasteiger partial charge in [-0.25, -0.2) is 0 Å². The smallest absolute Gasteiger partial charge is 0.119 e. The van der Waals surface area contributed by atoms with E-state index in [1.807, 2.05) is 20.8 Å².